The zero-order chi connectivity index (χ0) is 12.3. The predicted octanol–water partition coefficient (Wildman–Crippen LogP) is 1.54. The lowest BCUT2D eigenvalue weighted by atomic mass is 10.1. The van der Waals surface area contributed by atoms with Crippen LogP contribution in [0, 0.1) is 5.92 Å². The van der Waals surface area contributed by atoms with Gasteiger partial charge in [0.1, 0.15) is 0 Å². The Labute approximate surface area is 104 Å². The summed E-state index contributed by atoms with van der Waals surface area (Å²) in [4.78, 5) is 2.37. The number of hydrogen-bond acceptors (Lipinski definition) is 3. The van der Waals surface area contributed by atoms with Crippen LogP contribution in [-0.4, -0.2) is 34.8 Å². The molecule has 0 spiro atoms. The zero-order valence-electron chi connectivity index (χ0n) is 11.0. The molecule has 0 aliphatic heterocycles. The van der Waals surface area contributed by atoms with Gasteiger partial charge in [-0.3, -0.25) is 4.68 Å². The molecule has 0 aromatic carbocycles. The van der Waals surface area contributed by atoms with Crippen LogP contribution in [0.25, 0.3) is 0 Å². The van der Waals surface area contributed by atoms with E-state index in [9.17, 15) is 0 Å². The fraction of sp³-hybridized carbons (Fsp3) is 0.769. The predicted molar refractivity (Wildman–Crippen MR) is 69.6 cm³/mol. The van der Waals surface area contributed by atoms with Crippen molar-refractivity contribution in [1.29, 1.82) is 0 Å². The first-order valence-corrected chi connectivity index (χ1v) is 6.58. The number of nitrogens with two attached hydrogens (primary N) is 1. The summed E-state index contributed by atoms with van der Waals surface area (Å²) in [6.45, 7) is 2.11. The van der Waals surface area contributed by atoms with Crippen molar-refractivity contribution >= 4 is 0 Å². The zero-order valence-corrected chi connectivity index (χ0v) is 11.0. The van der Waals surface area contributed by atoms with Gasteiger partial charge in [0.2, 0.25) is 0 Å². The van der Waals surface area contributed by atoms with E-state index in [0.29, 0.717) is 0 Å². The minimum absolute atomic E-state index is 0.0788. The maximum absolute atomic E-state index is 6.19. The largest absolute Gasteiger partial charge is 0.323 e. The Hall–Kier alpha value is -0.870. The Morgan fingerprint density at radius 3 is 2.82 bits per heavy atom. The molecule has 1 aliphatic rings. The van der Waals surface area contributed by atoms with Crippen LogP contribution in [0.3, 0.4) is 0 Å². The minimum atomic E-state index is 0.0788. The van der Waals surface area contributed by atoms with Gasteiger partial charge >= 0.3 is 0 Å². The summed E-state index contributed by atoms with van der Waals surface area (Å²) in [5.74, 6) is 0.890. The minimum Gasteiger partial charge on any atom is -0.323 e. The van der Waals surface area contributed by atoms with Gasteiger partial charge in [-0.05, 0) is 25.8 Å². The average Bonchev–Trinajstić information content (AvgIpc) is 2.89. The van der Waals surface area contributed by atoms with Crippen LogP contribution in [0.1, 0.15) is 37.3 Å². The van der Waals surface area contributed by atoms with Gasteiger partial charge in [0.25, 0.3) is 0 Å². The van der Waals surface area contributed by atoms with Crippen molar-refractivity contribution in [2.45, 2.75) is 31.7 Å². The standard InChI is InChI=1S/C13H24N4/c1-16(8-11-5-3-4-6-11)10-13(14)12-7-15-17(2)9-12/h7,9,11,13H,3-6,8,10,14H2,1-2H3. The number of aryl methyl sites for hydroxylation is 1. The van der Waals surface area contributed by atoms with E-state index in [-0.39, 0.29) is 6.04 Å². The van der Waals surface area contributed by atoms with Crippen LogP contribution in [0.15, 0.2) is 12.4 Å². The van der Waals surface area contributed by atoms with Crippen LogP contribution in [0.2, 0.25) is 0 Å². The van der Waals surface area contributed by atoms with E-state index in [2.05, 4.69) is 17.0 Å². The van der Waals surface area contributed by atoms with Gasteiger partial charge in [-0.2, -0.15) is 5.10 Å². The Balaban J connectivity index is 1.79. The van der Waals surface area contributed by atoms with E-state index < -0.39 is 0 Å². The normalized spacial score (nSPS) is 19.1. The molecule has 0 saturated heterocycles. The van der Waals surface area contributed by atoms with E-state index >= 15 is 0 Å². The van der Waals surface area contributed by atoms with Crippen molar-refractivity contribution < 1.29 is 0 Å². The molecule has 17 heavy (non-hydrogen) atoms. The van der Waals surface area contributed by atoms with Crippen LogP contribution < -0.4 is 5.73 Å². The summed E-state index contributed by atoms with van der Waals surface area (Å²) in [7, 11) is 4.10. The first kappa shape index (κ1) is 12.6. The molecule has 96 valence electrons. The highest BCUT2D eigenvalue weighted by Gasteiger charge is 2.18. The SMILES string of the molecule is CN(CC1CCCC1)CC(N)c1cnn(C)c1. The molecule has 4 nitrogen and oxygen atoms in total. The molecule has 0 amide bonds. The first-order valence-electron chi connectivity index (χ1n) is 6.58. The van der Waals surface area contributed by atoms with E-state index in [1.807, 2.05) is 24.1 Å². The number of rotatable bonds is 5. The van der Waals surface area contributed by atoms with Gasteiger partial charge in [0.05, 0.1) is 6.20 Å². The fourth-order valence-electron chi connectivity index (χ4n) is 2.78. The molecule has 2 N–H and O–H groups in total. The summed E-state index contributed by atoms with van der Waals surface area (Å²) >= 11 is 0. The van der Waals surface area contributed by atoms with Crippen LogP contribution in [0.4, 0.5) is 0 Å². The monoisotopic (exact) mass is 236 g/mol. The molecule has 0 bridgehead atoms. The molecule has 0 radical (unpaired) electrons. The molecule has 2 rings (SSSR count). The lowest BCUT2D eigenvalue weighted by molar-refractivity contribution is 0.263. The third-order valence-electron chi connectivity index (χ3n) is 3.71. The third kappa shape index (κ3) is 3.54. The van der Waals surface area contributed by atoms with Gasteiger partial charge in [-0.15, -0.1) is 0 Å². The summed E-state index contributed by atoms with van der Waals surface area (Å²) in [5.41, 5.74) is 7.32. The first-order chi connectivity index (χ1) is 8.15. The molecule has 1 heterocycles. The maximum Gasteiger partial charge on any atom is 0.0537 e. The van der Waals surface area contributed by atoms with Crippen molar-refractivity contribution in [3.8, 4) is 0 Å². The quantitative estimate of drug-likeness (QED) is 0.843. The molecular weight excluding hydrogens is 212 g/mol. The number of likely N-dealkylation sites (N-methyl/N-ethyl adjacent to an activating group) is 1. The van der Waals surface area contributed by atoms with Crippen LogP contribution in [0.5, 0.6) is 0 Å². The number of hydrogen-bond donors (Lipinski definition) is 1. The third-order valence-corrected chi connectivity index (χ3v) is 3.71. The van der Waals surface area contributed by atoms with Crippen molar-refractivity contribution in [2.75, 3.05) is 20.1 Å². The van der Waals surface area contributed by atoms with Gasteiger partial charge in [-0.25, -0.2) is 0 Å². The maximum atomic E-state index is 6.19. The summed E-state index contributed by atoms with van der Waals surface area (Å²) < 4.78 is 1.81. The van der Waals surface area contributed by atoms with E-state index in [0.717, 1.165) is 18.0 Å². The Kier molecular flexibility index (Phi) is 4.18. The molecule has 1 saturated carbocycles. The van der Waals surface area contributed by atoms with Crippen LogP contribution >= 0.6 is 0 Å². The fourth-order valence-corrected chi connectivity index (χ4v) is 2.78. The van der Waals surface area contributed by atoms with Gasteiger partial charge in [-0.1, -0.05) is 12.8 Å². The highest BCUT2D eigenvalue weighted by Crippen LogP contribution is 2.25. The molecular formula is C13H24N4. The Bertz CT molecular complexity index is 341. The molecule has 4 heteroatoms. The van der Waals surface area contributed by atoms with Gasteiger partial charge < -0.3 is 10.6 Å². The summed E-state index contributed by atoms with van der Waals surface area (Å²) in [5, 5.41) is 4.17. The lowest BCUT2D eigenvalue weighted by Gasteiger charge is -2.23. The molecule has 1 unspecified atom stereocenters. The van der Waals surface area contributed by atoms with Gasteiger partial charge in [0.15, 0.2) is 0 Å². The molecule has 1 aromatic heterocycles. The van der Waals surface area contributed by atoms with Crippen molar-refractivity contribution in [3.05, 3.63) is 18.0 Å². The van der Waals surface area contributed by atoms with Crippen molar-refractivity contribution in [3.63, 3.8) is 0 Å². The molecule has 1 aliphatic carbocycles. The average molecular weight is 236 g/mol. The second-order valence-electron chi connectivity index (χ2n) is 5.43. The molecule has 1 aromatic rings. The Morgan fingerprint density at radius 1 is 1.53 bits per heavy atom. The van der Waals surface area contributed by atoms with E-state index in [1.165, 1.54) is 32.2 Å². The van der Waals surface area contributed by atoms with Crippen molar-refractivity contribution in [1.82, 2.24) is 14.7 Å². The van der Waals surface area contributed by atoms with Crippen molar-refractivity contribution in [2.24, 2.45) is 18.7 Å². The smallest absolute Gasteiger partial charge is 0.0537 e. The summed E-state index contributed by atoms with van der Waals surface area (Å²) in [6, 6.07) is 0.0788. The van der Waals surface area contributed by atoms with Gasteiger partial charge in [0, 0.05) is 37.9 Å². The lowest BCUT2D eigenvalue weighted by Crippen LogP contribution is -2.32. The summed E-state index contributed by atoms with van der Waals surface area (Å²) in [6.07, 6.45) is 9.49. The second kappa shape index (κ2) is 5.65. The Morgan fingerprint density at radius 2 is 2.24 bits per heavy atom. The topological polar surface area (TPSA) is 47.1 Å². The van der Waals surface area contributed by atoms with E-state index in [4.69, 9.17) is 5.73 Å². The molecule has 1 atom stereocenters. The number of nitrogens with zero attached hydrogens (tertiary/aromatic N) is 3. The highest BCUT2D eigenvalue weighted by atomic mass is 15.2. The second-order valence-corrected chi connectivity index (χ2v) is 5.43. The van der Waals surface area contributed by atoms with Crippen LogP contribution in [-0.2, 0) is 7.05 Å². The molecule has 1 fully saturated rings. The number of aromatic nitrogens is 2. The van der Waals surface area contributed by atoms with E-state index in [1.54, 1.807) is 0 Å². The highest BCUT2D eigenvalue weighted by molar-refractivity contribution is 5.09.